The van der Waals surface area contributed by atoms with Gasteiger partial charge in [-0.2, -0.15) is 0 Å². The molecule has 0 aliphatic carbocycles. The molecule has 1 heterocycles. The number of hydrogen-bond donors (Lipinski definition) is 1. The number of fused-ring (bicyclic) bond motifs is 1. The van der Waals surface area contributed by atoms with Gasteiger partial charge in [0.05, 0.1) is 37.6 Å². The molecular formula is C29H28N2O7. The molecule has 0 saturated carbocycles. The fraction of sp³-hybridized carbons (Fsp3) is 0.241. The number of carbonyl (C=O) groups is 4. The van der Waals surface area contributed by atoms with Crippen LogP contribution in [0.5, 0.6) is 11.5 Å². The van der Waals surface area contributed by atoms with Crippen LogP contribution in [0.2, 0.25) is 0 Å². The Morgan fingerprint density at radius 1 is 0.868 bits per heavy atom. The van der Waals surface area contributed by atoms with E-state index in [1.165, 1.54) is 37.3 Å². The van der Waals surface area contributed by atoms with Gasteiger partial charge in [-0.25, -0.2) is 4.79 Å². The zero-order valence-electron chi connectivity index (χ0n) is 21.4. The highest BCUT2D eigenvalue weighted by Crippen LogP contribution is 2.28. The van der Waals surface area contributed by atoms with Gasteiger partial charge < -0.3 is 19.5 Å². The van der Waals surface area contributed by atoms with Crippen LogP contribution in [-0.2, 0) is 4.74 Å². The lowest BCUT2D eigenvalue weighted by Crippen LogP contribution is -2.30. The molecule has 1 aliphatic rings. The Balaban J connectivity index is 1.35. The Bertz CT molecular complexity index is 1360. The van der Waals surface area contributed by atoms with E-state index in [0.29, 0.717) is 54.1 Å². The van der Waals surface area contributed by atoms with Gasteiger partial charge in [0.25, 0.3) is 17.7 Å². The van der Waals surface area contributed by atoms with Crippen molar-refractivity contribution in [2.24, 2.45) is 0 Å². The van der Waals surface area contributed by atoms with Crippen molar-refractivity contribution in [2.75, 3.05) is 32.7 Å². The number of carbonyl (C=O) groups excluding carboxylic acids is 4. The van der Waals surface area contributed by atoms with Crippen LogP contribution < -0.4 is 14.8 Å². The lowest BCUT2D eigenvalue weighted by atomic mass is 10.1. The van der Waals surface area contributed by atoms with E-state index in [0.717, 1.165) is 5.56 Å². The molecule has 0 atom stereocenters. The number of hydrogen-bond acceptors (Lipinski definition) is 7. The minimum Gasteiger partial charge on any atom is -0.496 e. The standard InChI is InChI=1S/C29H28N2O7/c1-18-10-13-23(30-26(32)19-11-12-22(29(35)37-3)24(17-19)36-2)25(16-18)38-15-7-6-14-31-27(33)20-8-4-5-9-21(20)28(31)34/h4-5,8-13,16-17H,6-7,14-15H2,1-3H3,(H,30,32). The van der Waals surface area contributed by atoms with E-state index in [4.69, 9.17) is 14.2 Å². The summed E-state index contributed by atoms with van der Waals surface area (Å²) >= 11 is 0. The predicted octanol–water partition coefficient (Wildman–Crippen LogP) is 4.50. The summed E-state index contributed by atoms with van der Waals surface area (Å²) in [4.78, 5) is 51.1. The number of benzene rings is 3. The first-order chi connectivity index (χ1) is 18.3. The molecule has 0 saturated heterocycles. The van der Waals surface area contributed by atoms with Crippen molar-refractivity contribution in [1.29, 1.82) is 0 Å². The van der Waals surface area contributed by atoms with Crippen molar-refractivity contribution in [1.82, 2.24) is 4.90 Å². The molecule has 0 fully saturated rings. The van der Waals surface area contributed by atoms with Crippen LogP contribution in [-0.4, -0.2) is 56.0 Å². The second kappa shape index (κ2) is 11.6. The molecule has 0 radical (unpaired) electrons. The fourth-order valence-electron chi connectivity index (χ4n) is 4.15. The summed E-state index contributed by atoms with van der Waals surface area (Å²) in [7, 11) is 2.68. The number of methoxy groups -OCH3 is 2. The number of rotatable bonds is 10. The van der Waals surface area contributed by atoms with Crippen LogP contribution in [0.3, 0.4) is 0 Å². The van der Waals surface area contributed by atoms with E-state index in [1.54, 1.807) is 30.3 Å². The number of nitrogens with zero attached hydrogens (tertiary/aromatic N) is 1. The maximum atomic E-state index is 12.9. The van der Waals surface area contributed by atoms with Crippen molar-refractivity contribution >= 4 is 29.4 Å². The van der Waals surface area contributed by atoms with Gasteiger partial charge in [-0.15, -0.1) is 0 Å². The summed E-state index contributed by atoms with van der Waals surface area (Å²) in [6, 6.07) is 16.7. The first kappa shape index (κ1) is 26.4. The van der Waals surface area contributed by atoms with Gasteiger partial charge in [0.1, 0.15) is 17.1 Å². The number of amides is 3. The number of aryl methyl sites for hydroxylation is 1. The van der Waals surface area contributed by atoms with Crippen LogP contribution in [0.25, 0.3) is 0 Å². The Hall–Kier alpha value is -4.66. The molecule has 3 aromatic rings. The monoisotopic (exact) mass is 516 g/mol. The highest BCUT2D eigenvalue weighted by Gasteiger charge is 2.34. The first-order valence-corrected chi connectivity index (χ1v) is 12.1. The molecule has 0 bridgehead atoms. The maximum Gasteiger partial charge on any atom is 0.341 e. The largest absolute Gasteiger partial charge is 0.496 e. The molecule has 38 heavy (non-hydrogen) atoms. The molecule has 9 nitrogen and oxygen atoms in total. The normalized spacial score (nSPS) is 12.2. The quantitative estimate of drug-likeness (QED) is 0.240. The third-order valence-electron chi connectivity index (χ3n) is 6.17. The molecule has 0 unspecified atom stereocenters. The topological polar surface area (TPSA) is 111 Å². The first-order valence-electron chi connectivity index (χ1n) is 12.1. The summed E-state index contributed by atoms with van der Waals surface area (Å²) in [6.45, 7) is 2.55. The molecule has 1 N–H and O–H groups in total. The molecule has 9 heteroatoms. The summed E-state index contributed by atoms with van der Waals surface area (Å²) < 4.78 is 15.9. The Labute approximate surface area is 220 Å². The molecular weight excluding hydrogens is 488 g/mol. The van der Waals surface area contributed by atoms with E-state index in [9.17, 15) is 19.2 Å². The van der Waals surface area contributed by atoms with Crippen molar-refractivity contribution < 1.29 is 33.4 Å². The lowest BCUT2D eigenvalue weighted by molar-refractivity contribution is 0.0594. The molecule has 3 amide bonds. The molecule has 196 valence electrons. The molecule has 0 aromatic heterocycles. The van der Waals surface area contributed by atoms with Crippen LogP contribution in [0.15, 0.2) is 60.7 Å². The summed E-state index contributed by atoms with van der Waals surface area (Å²) in [6.07, 6.45) is 1.17. The summed E-state index contributed by atoms with van der Waals surface area (Å²) in [5, 5.41) is 2.84. The van der Waals surface area contributed by atoms with Crippen molar-refractivity contribution in [3.63, 3.8) is 0 Å². The average Bonchev–Trinajstić information content (AvgIpc) is 3.18. The SMILES string of the molecule is COC(=O)c1ccc(C(=O)Nc2ccc(C)cc2OCCCCN2C(=O)c3ccccc3C2=O)cc1OC. The van der Waals surface area contributed by atoms with Gasteiger partial charge in [0.2, 0.25) is 0 Å². The van der Waals surface area contributed by atoms with Crippen molar-refractivity contribution in [3.8, 4) is 11.5 Å². The number of esters is 1. The third kappa shape index (κ3) is 5.51. The Kier molecular flexibility index (Phi) is 8.06. The third-order valence-corrected chi connectivity index (χ3v) is 6.17. The lowest BCUT2D eigenvalue weighted by Gasteiger charge is -2.16. The number of unbranched alkanes of at least 4 members (excludes halogenated alkanes) is 1. The van der Waals surface area contributed by atoms with E-state index < -0.39 is 11.9 Å². The van der Waals surface area contributed by atoms with Gasteiger partial charge in [-0.05, 0) is 67.8 Å². The zero-order valence-corrected chi connectivity index (χ0v) is 21.4. The van der Waals surface area contributed by atoms with Crippen LogP contribution in [0.4, 0.5) is 5.69 Å². The van der Waals surface area contributed by atoms with Gasteiger partial charge >= 0.3 is 5.97 Å². The van der Waals surface area contributed by atoms with Crippen LogP contribution in [0, 0.1) is 6.92 Å². The van der Waals surface area contributed by atoms with Gasteiger partial charge in [0.15, 0.2) is 0 Å². The van der Waals surface area contributed by atoms with Gasteiger partial charge in [-0.1, -0.05) is 18.2 Å². The summed E-state index contributed by atoms with van der Waals surface area (Å²) in [5.41, 5.74) is 2.82. The maximum absolute atomic E-state index is 12.9. The average molecular weight is 517 g/mol. The van der Waals surface area contributed by atoms with Crippen molar-refractivity contribution in [3.05, 3.63) is 88.5 Å². The van der Waals surface area contributed by atoms with Gasteiger partial charge in [0, 0.05) is 12.1 Å². The summed E-state index contributed by atoms with van der Waals surface area (Å²) in [5.74, 6) is -0.789. The predicted molar refractivity (Wildman–Crippen MR) is 140 cm³/mol. The van der Waals surface area contributed by atoms with Crippen LogP contribution in [0.1, 0.15) is 59.8 Å². The second-order valence-corrected chi connectivity index (χ2v) is 8.72. The minimum atomic E-state index is -0.564. The highest BCUT2D eigenvalue weighted by molar-refractivity contribution is 6.21. The second-order valence-electron chi connectivity index (χ2n) is 8.72. The van der Waals surface area contributed by atoms with E-state index in [1.807, 2.05) is 19.1 Å². The number of nitrogens with one attached hydrogen (secondary N) is 1. The molecule has 0 spiro atoms. The Morgan fingerprint density at radius 3 is 2.24 bits per heavy atom. The zero-order chi connectivity index (χ0) is 27.2. The molecule has 4 rings (SSSR count). The van der Waals surface area contributed by atoms with Crippen LogP contribution >= 0.6 is 0 Å². The molecule has 1 aliphatic heterocycles. The fourth-order valence-corrected chi connectivity index (χ4v) is 4.15. The minimum absolute atomic E-state index is 0.215. The van der Waals surface area contributed by atoms with E-state index in [2.05, 4.69) is 5.32 Å². The smallest absolute Gasteiger partial charge is 0.341 e. The highest BCUT2D eigenvalue weighted by atomic mass is 16.5. The Morgan fingerprint density at radius 2 is 1.58 bits per heavy atom. The number of anilines is 1. The van der Waals surface area contributed by atoms with Crippen molar-refractivity contribution in [2.45, 2.75) is 19.8 Å². The van der Waals surface area contributed by atoms with E-state index in [-0.39, 0.29) is 23.1 Å². The number of ether oxygens (including phenoxy) is 3. The van der Waals surface area contributed by atoms with Gasteiger partial charge in [-0.3, -0.25) is 19.3 Å². The van der Waals surface area contributed by atoms with E-state index >= 15 is 0 Å². The number of imide groups is 1. The molecule has 3 aromatic carbocycles.